The largest absolute Gasteiger partial charge is 0.481 e. The van der Waals surface area contributed by atoms with Gasteiger partial charge in [-0.2, -0.15) is 0 Å². The molecular formula is C10H16O2. The molecule has 1 aliphatic rings. The highest BCUT2D eigenvalue weighted by Crippen LogP contribution is 2.30. The third-order valence-electron chi connectivity index (χ3n) is 2.56. The normalized spacial score (nSPS) is 19.0. The first-order chi connectivity index (χ1) is 5.70. The Morgan fingerprint density at radius 2 is 1.92 bits per heavy atom. The molecule has 0 aliphatic heterocycles. The van der Waals surface area contributed by atoms with Gasteiger partial charge in [-0.3, -0.25) is 4.79 Å². The third-order valence-corrected chi connectivity index (χ3v) is 2.56. The standard InChI is InChI=1S/C10H16O2/c1-8(7-10(11)12)9-5-3-2-4-6-9/h9H,1-7H2,(H,11,12). The van der Waals surface area contributed by atoms with Crippen LogP contribution in [-0.2, 0) is 4.79 Å². The summed E-state index contributed by atoms with van der Waals surface area (Å²) in [5.41, 5.74) is 0.919. The van der Waals surface area contributed by atoms with Gasteiger partial charge >= 0.3 is 5.97 Å². The number of rotatable bonds is 3. The quantitative estimate of drug-likeness (QED) is 0.658. The van der Waals surface area contributed by atoms with Gasteiger partial charge in [0, 0.05) is 0 Å². The zero-order valence-corrected chi connectivity index (χ0v) is 7.38. The number of carbonyl (C=O) groups is 1. The number of carboxylic acid groups (broad SMARTS) is 1. The lowest BCUT2D eigenvalue weighted by Crippen LogP contribution is -2.11. The van der Waals surface area contributed by atoms with Crippen LogP contribution in [0.5, 0.6) is 0 Å². The van der Waals surface area contributed by atoms with E-state index in [1.165, 1.54) is 19.3 Å². The van der Waals surface area contributed by atoms with Crippen LogP contribution in [0.1, 0.15) is 38.5 Å². The minimum atomic E-state index is -0.745. The molecule has 0 saturated heterocycles. The first-order valence-corrected chi connectivity index (χ1v) is 4.59. The van der Waals surface area contributed by atoms with Gasteiger partial charge in [-0.25, -0.2) is 0 Å². The summed E-state index contributed by atoms with van der Waals surface area (Å²) in [7, 11) is 0. The van der Waals surface area contributed by atoms with Crippen LogP contribution < -0.4 is 0 Å². The van der Waals surface area contributed by atoms with Crippen LogP contribution in [0.2, 0.25) is 0 Å². The molecule has 12 heavy (non-hydrogen) atoms. The second-order valence-electron chi connectivity index (χ2n) is 3.56. The van der Waals surface area contributed by atoms with Gasteiger partial charge in [-0.05, 0) is 18.8 Å². The molecule has 0 aromatic rings. The van der Waals surface area contributed by atoms with Gasteiger partial charge in [-0.15, -0.1) is 0 Å². The van der Waals surface area contributed by atoms with Crippen LogP contribution in [0, 0.1) is 5.92 Å². The van der Waals surface area contributed by atoms with Crippen molar-refractivity contribution in [2.24, 2.45) is 5.92 Å². The molecule has 0 amide bonds. The Hall–Kier alpha value is -0.790. The van der Waals surface area contributed by atoms with Crippen LogP contribution >= 0.6 is 0 Å². The fourth-order valence-electron chi connectivity index (χ4n) is 1.85. The maximum atomic E-state index is 10.4. The fourth-order valence-corrected chi connectivity index (χ4v) is 1.85. The Kier molecular flexibility index (Phi) is 3.32. The second kappa shape index (κ2) is 4.29. The van der Waals surface area contributed by atoms with Crippen molar-refractivity contribution in [2.45, 2.75) is 38.5 Å². The summed E-state index contributed by atoms with van der Waals surface area (Å²) >= 11 is 0. The second-order valence-corrected chi connectivity index (χ2v) is 3.56. The summed E-state index contributed by atoms with van der Waals surface area (Å²) in [5, 5.41) is 8.55. The Morgan fingerprint density at radius 1 is 1.33 bits per heavy atom. The fraction of sp³-hybridized carbons (Fsp3) is 0.700. The van der Waals surface area contributed by atoms with Crippen molar-refractivity contribution in [2.75, 3.05) is 0 Å². The average Bonchev–Trinajstić information content (AvgIpc) is 2.05. The zero-order valence-electron chi connectivity index (χ0n) is 7.38. The monoisotopic (exact) mass is 168 g/mol. The molecule has 1 N–H and O–H groups in total. The smallest absolute Gasteiger partial charge is 0.307 e. The molecular weight excluding hydrogens is 152 g/mol. The van der Waals surface area contributed by atoms with Gasteiger partial charge in [0.25, 0.3) is 0 Å². The van der Waals surface area contributed by atoms with E-state index in [1.807, 2.05) is 0 Å². The number of hydrogen-bond acceptors (Lipinski definition) is 1. The van der Waals surface area contributed by atoms with E-state index in [2.05, 4.69) is 6.58 Å². The Bertz CT molecular complexity index is 178. The molecule has 1 aliphatic carbocycles. The van der Waals surface area contributed by atoms with E-state index >= 15 is 0 Å². The van der Waals surface area contributed by atoms with Crippen LogP contribution in [0.3, 0.4) is 0 Å². The van der Waals surface area contributed by atoms with Gasteiger partial charge in [0.05, 0.1) is 6.42 Å². The summed E-state index contributed by atoms with van der Waals surface area (Å²) < 4.78 is 0. The van der Waals surface area contributed by atoms with Crippen LogP contribution in [-0.4, -0.2) is 11.1 Å². The summed E-state index contributed by atoms with van der Waals surface area (Å²) in [6, 6.07) is 0. The van der Waals surface area contributed by atoms with Gasteiger partial charge in [0.1, 0.15) is 0 Å². The van der Waals surface area contributed by atoms with E-state index in [0.717, 1.165) is 18.4 Å². The van der Waals surface area contributed by atoms with Gasteiger partial charge in [-0.1, -0.05) is 31.4 Å². The summed E-state index contributed by atoms with van der Waals surface area (Å²) in [5.74, 6) is -0.263. The summed E-state index contributed by atoms with van der Waals surface area (Å²) in [6.45, 7) is 3.84. The summed E-state index contributed by atoms with van der Waals surface area (Å²) in [4.78, 5) is 10.4. The first kappa shape index (κ1) is 9.30. The van der Waals surface area contributed by atoms with Crippen molar-refractivity contribution in [1.29, 1.82) is 0 Å². The molecule has 0 bridgehead atoms. The highest BCUT2D eigenvalue weighted by atomic mass is 16.4. The van der Waals surface area contributed by atoms with E-state index in [4.69, 9.17) is 5.11 Å². The van der Waals surface area contributed by atoms with Crippen molar-refractivity contribution in [3.05, 3.63) is 12.2 Å². The van der Waals surface area contributed by atoms with Crippen molar-refractivity contribution in [3.63, 3.8) is 0 Å². The topological polar surface area (TPSA) is 37.3 Å². The Balaban J connectivity index is 2.34. The van der Waals surface area contributed by atoms with Crippen molar-refractivity contribution in [1.82, 2.24) is 0 Å². The van der Waals surface area contributed by atoms with E-state index in [9.17, 15) is 4.79 Å². The molecule has 2 heteroatoms. The van der Waals surface area contributed by atoms with E-state index in [-0.39, 0.29) is 6.42 Å². The lowest BCUT2D eigenvalue weighted by Gasteiger charge is -2.22. The molecule has 0 aromatic heterocycles. The van der Waals surface area contributed by atoms with Gasteiger partial charge in [0.15, 0.2) is 0 Å². The molecule has 0 aromatic carbocycles. The van der Waals surface area contributed by atoms with Crippen LogP contribution in [0.15, 0.2) is 12.2 Å². The Labute approximate surface area is 73.3 Å². The molecule has 0 atom stereocenters. The predicted octanol–water partition coefficient (Wildman–Crippen LogP) is 2.60. The lowest BCUT2D eigenvalue weighted by molar-refractivity contribution is -0.136. The van der Waals surface area contributed by atoms with Crippen LogP contribution in [0.25, 0.3) is 0 Å². The maximum absolute atomic E-state index is 10.4. The molecule has 1 fully saturated rings. The van der Waals surface area contributed by atoms with Gasteiger partial charge < -0.3 is 5.11 Å². The Morgan fingerprint density at radius 3 is 2.42 bits per heavy atom. The summed E-state index contributed by atoms with van der Waals surface area (Å²) in [6.07, 6.45) is 6.23. The van der Waals surface area contributed by atoms with E-state index < -0.39 is 5.97 Å². The van der Waals surface area contributed by atoms with E-state index in [0.29, 0.717) is 5.92 Å². The first-order valence-electron chi connectivity index (χ1n) is 4.59. The maximum Gasteiger partial charge on any atom is 0.307 e. The van der Waals surface area contributed by atoms with Gasteiger partial charge in [0.2, 0.25) is 0 Å². The number of carboxylic acids is 1. The van der Waals surface area contributed by atoms with Crippen molar-refractivity contribution < 1.29 is 9.90 Å². The van der Waals surface area contributed by atoms with Crippen LogP contribution in [0.4, 0.5) is 0 Å². The minimum Gasteiger partial charge on any atom is -0.481 e. The molecule has 0 unspecified atom stereocenters. The molecule has 0 spiro atoms. The third kappa shape index (κ3) is 2.68. The number of aliphatic carboxylic acids is 1. The highest BCUT2D eigenvalue weighted by molar-refractivity contribution is 5.69. The molecule has 2 nitrogen and oxygen atoms in total. The zero-order chi connectivity index (χ0) is 8.97. The lowest BCUT2D eigenvalue weighted by atomic mass is 9.83. The minimum absolute atomic E-state index is 0.157. The average molecular weight is 168 g/mol. The molecule has 1 rings (SSSR count). The SMILES string of the molecule is C=C(CC(=O)O)C1CCCCC1. The molecule has 68 valence electrons. The predicted molar refractivity (Wildman–Crippen MR) is 48.0 cm³/mol. The van der Waals surface area contributed by atoms with Crippen molar-refractivity contribution >= 4 is 5.97 Å². The molecule has 0 heterocycles. The van der Waals surface area contributed by atoms with Crippen molar-refractivity contribution in [3.8, 4) is 0 Å². The highest BCUT2D eigenvalue weighted by Gasteiger charge is 2.17. The number of hydrogen-bond donors (Lipinski definition) is 1. The molecule has 1 saturated carbocycles. The molecule has 0 radical (unpaired) electrons. The van der Waals surface area contributed by atoms with E-state index in [1.54, 1.807) is 0 Å².